The lowest BCUT2D eigenvalue weighted by Gasteiger charge is -2.24. The molecule has 37 heavy (non-hydrogen) atoms. The molecular weight excluding hydrogens is 472 g/mol. The lowest BCUT2D eigenvalue weighted by molar-refractivity contribution is -0.125. The van der Waals surface area contributed by atoms with Crippen molar-refractivity contribution in [1.82, 2.24) is 10.2 Å². The van der Waals surface area contributed by atoms with Crippen molar-refractivity contribution in [2.45, 2.75) is 18.6 Å². The molecule has 1 aliphatic rings. The number of phenols is 1. The van der Waals surface area contributed by atoms with E-state index in [-0.39, 0.29) is 31.2 Å². The van der Waals surface area contributed by atoms with Crippen LogP contribution < -0.4 is 5.32 Å². The van der Waals surface area contributed by atoms with Gasteiger partial charge in [-0.2, -0.15) is 5.26 Å². The van der Waals surface area contributed by atoms with Crippen LogP contribution in [0.1, 0.15) is 34.0 Å². The highest BCUT2D eigenvalue weighted by Crippen LogP contribution is 2.25. The molecule has 1 fully saturated rings. The predicted octanol–water partition coefficient (Wildman–Crippen LogP) is 3.00. The summed E-state index contributed by atoms with van der Waals surface area (Å²) in [5.74, 6) is -0.776. The number of hydrogen-bond donors (Lipinski definition) is 3. The fourth-order valence-corrected chi connectivity index (χ4v) is 4.30. The van der Waals surface area contributed by atoms with Crippen molar-refractivity contribution in [1.29, 1.82) is 5.26 Å². The van der Waals surface area contributed by atoms with Crippen LogP contribution in [-0.4, -0.2) is 58.9 Å². The Bertz CT molecular complexity index is 1360. The van der Waals surface area contributed by atoms with Gasteiger partial charge in [-0.15, -0.1) is 0 Å². The number of oxime groups is 1. The van der Waals surface area contributed by atoms with Crippen LogP contribution in [0.15, 0.2) is 78.0 Å². The van der Waals surface area contributed by atoms with Crippen LogP contribution in [0.5, 0.6) is 5.75 Å². The highest BCUT2D eigenvalue weighted by molar-refractivity contribution is 6.05. The zero-order valence-corrected chi connectivity index (χ0v) is 20.2. The molecule has 9 heteroatoms. The average Bonchev–Trinajstić information content (AvgIpc) is 3.35. The lowest BCUT2D eigenvalue weighted by Crippen LogP contribution is -2.46. The number of aliphatic hydroxyl groups excluding tert-OH is 1. The van der Waals surface area contributed by atoms with E-state index in [0.29, 0.717) is 22.4 Å². The van der Waals surface area contributed by atoms with Gasteiger partial charge in [-0.1, -0.05) is 47.6 Å². The fraction of sp³-hybridized carbons (Fsp3) is 0.214. The molecule has 1 heterocycles. The van der Waals surface area contributed by atoms with Gasteiger partial charge in [-0.25, -0.2) is 0 Å². The van der Waals surface area contributed by atoms with E-state index in [1.807, 2.05) is 12.1 Å². The molecule has 2 atom stereocenters. The quantitative estimate of drug-likeness (QED) is 0.429. The molecule has 0 spiro atoms. The minimum Gasteiger partial charge on any atom is -0.508 e. The smallest absolute Gasteiger partial charge is 0.254 e. The Morgan fingerprint density at radius 1 is 1.16 bits per heavy atom. The molecule has 1 aliphatic heterocycles. The molecule has 9 nitrogen and oxygen atoms in total. The molecule has 0 aromatic heterocycles. The second kappa shape index (κ2) is 11.4. The molecule has 2 amide bonds. The number of aliphatic hydroxyl groups is 1. The van der Waals surface area contributed by atoms with Crippen molar-refractivity contribution in [3.63, 3.8) is 0 Å². The molecule has 0 saturated carbocycles. The number of carbonyl (C=O) groups excluding carboxylic acids is 2. The monoisotopic (exact) mass is 498 g/mol. The fourth-order valence-electron chi connectivity index (χ4n) is 4.30. The van der Waals surface area contributed by atoms with Crippen LogP contribution in [0, 0.1) is 11.3 Å². The Kier molecular flexibility index (Phi) is 7.81. The first-order chi connectivity index (χ1) is 17.9. The highest BCUT2D eigenvalue weighted by atomic mass is 16.6. The van der Waals surface area contributed by atoms with Crippen LogP contribution in [-0.2, 0) is 9.63 Å². The number of phenolic OH excluding ortho intramolecular Hbond substituents is 1. The van der Waals surface area contributed by atoms with Crippen LogP contribution in [0.4, 0.5) is 0 Å². The van der Waals surface area contributed by atoms with Gasteiger partial charge in [0.15, 0.2) is 0 Å². The zero-order chi connectivity index (χ0) is 26.4. The zero-order valence-electron chi connectivity index (χ0n) is 20.2. The number of hydrogen-bond acceptors (Lipinski definition) is 7. The average molecular weight is 499 g/mol. The van der Waals surface area contributed by atoms with E-state index in [1.165, 1.54) is 24.1 Å². The maximum absolute atomic E-state index is 13.4. The first-order valence-electron chi connectivity index (χ1n) is 11.7. The number of aromatic hydroxyl groups is 1. The van der Waals surface area contributed by atoms with E-state index in [0.717, 1.165) is 11.1 Å². The third-order valence-corrected chi connectivity index (χ3v) is 6.16. The number of likely N-dealkylation sites (tertiary alicyclic amines) is 1. The van der Waals surface area contributed by atoms with Crippen LogP contribution in [0.25, 0.3) is 11.1 Å². The maximum atomic E-state index is 13.4. The van der Waals surface area contributed by atoms with Gasteiger partial charge in [-0.05, 0) is 47.0 Å². The molecular formula is C28H26N4O5. The van der Waals surface area contributed by atoms with Crippen LogP contribution >= 0.6 is 0 Å². The SMILES string of the molecule is CON=C1C[C@@H](C(=O)NCC(O)c2cccc(O)c2)N(C(=O)c2ccc(-c3ccccc3C#N)cc2)C1. The van der Waals surface area contributed by atoms with Gasteiger partial charge in [0.25, 0.3) is 5.91 Å². The summed E-state index contributed by atoms with van der Waals surface area (Å²) < 4.78 is 0. The van der Waals surface area contributed by atoms with Gasteiger partial charge < -0.3 is 25.3 Å². The molecule has 4 rings (SSSR count). The number of carbonyl (C=O) groups is 2. The number of rotatable bonds is 7. The number of nitrogens with zero attached hydrogens (tertiary/aromatic N) is 3. The topological polar surface area (TPSA) is 135 Å². The van der Waals surface area contributed by atoms with Crippen LogP contribution in [0.3, 0.4) is 0 Å². The second-order valence-electron chi connectivity index (χ2n) is 8.58. The van der Waals surface area contributed by atoms with Crippen molar-refractivity contribution in [3.8, 4) is 22.9 Å². The molecule has 3 aromatic carbocycles. The summed E-state index contributed by atoms with van der Waals surface area (Å²) in [7, 11) is 1.40. The number of amides is 2. The highest BCUT2D eigenvalue weighted by Gasteiger charge is 2.38. The summed E-state index contributed by atoms with van der Waals surface area (Å²) in [6, 6.07) is 21.6. The first-order valence-corrected chi connectivity index (χ1v) is 11.7. The van der Waals surface area contributed by atoms with Crippen molar-refractivity contribution in [3.05, 3.63) is 89.5 Å². The summed E-state index contributed by atoms with van der Waals surface area (Å²) in [5, 5.41) is 36.0. The van der Waals surface area contributed by atoms with Crippen molar-refractivity contribution in [2.75, 3.05) is 20.2 Å². The Labute approximate surface area is 214 Å². The Hall–Kier alpha value is -4.68. The molecule has 0 radical (unpaired) electrons. The van der Waals surface area contributed by atoms with Crippen molar-refractivity contribution in [2.24, 2.45) is 5.16 Å². The van der Waals surface area contributed by atoms with E-state index in [4.69, 9.17) is 4.84 Å². The van der Waals surface area contributed by atoms with Gasteiger partial charge in [0.2, 0.25) is 5.91 Å². The number of benzene rings is 3. The molecule has 188 valence electrons. The standard InChI is InChI=1S/C28H26N4O5/c1-37-31-22-14-25(27(35)30-16-26(34)20-6-4-7-23(33)13-20)32(17-22)28(36)19-11-9-18(10-12-19)24-8-3-2-5-21(24)15-29/h2-13,25-26,33-34H,14,16-17H2,1H3,(H,30,35)/t25-,26?/m0/s1. The molecule has 1 saturated heterocycles. The van der Waals surface area contributed by atoms with Crippen LogP contribution in [0.2, 0.25) is 0 Å². The molecule has 1 unspecified atom stereocenters. The lowest BCUT2D eigenvalue weighted by atomic mass is 9.99. The number of nitrogens with one attached hydrogen (secondary N) is 1. The van der Waals surface area contributed by atoms with Gasteiger partial charge in [0.1, 0.15) is 18.9 Å². The minimum atomic E-state index is -1.03. The third kappa shape index (κ3) is 5.77. The maximum Gasteiger partial charge on any atom is 0.254 e. The molecule has 3 N–H and O–H groups in total. The molecule has 0 aliphatic carbocycles. The Morgan fingerprint density at radius 2 is 1.92 bits per heavy atom. The van der Waals surface area contributed by atoms with Crippen molar-refractivity contribution >= 4 is 17.5 Å². The Morgan fingerprint density at radius 3 is 2.62 bits per heavy atom. The summed E-state index contributed by atoms with van der Waals surface area (Å²) in [6.45, 7) is 0.0312. The largest absolute Gasteiger partial charge is 0.508 e. The number of nitriles is 1. The second-order valence-corrected chi connectivity index (χ2v) is 8.58. The van der Waals surface area contributed by atoms with E-state index < -0.39 is 18.1 Å². The van der Waals surface area contributed by atoms with Gasteiger partial charge in [0, 0.05) is 18.5 Å². The summed E-state index contributed by atoms with van der Waals surface area (Å²) in [5.41, 5.74) is 3.48. The molecule has 0 bridgehead atoms. The van der Waals surface area contributed by atoms with Crippen molar-refractivity contribution < 1.29 is 24.6 Å². The minimum absolute atomic E-state index is 0.0120. The first kappa shape index (κ1) is 25.4. The van der Waals surface area contributed by atoms with Gasteiger partial charge in [-0.3, -0.25) is 9.59 Å². The summed E-state index contributed by atoms with van der Waals surface area (Å²) in [6.07, 6.45) is -0.834. The van der Waals surface area contributed by atoms with Gasteiger partial charge in [0.05, 0.1) is 30.0 Å². The van der Waals surface area contributed by atoms with E-state index >= 15 is 0 Å². The van der Waals surface area contributed by atoms with E-state index in [9.17, 15) is 25.1 Å². The summed E-state index contributed by atoms with van der Waals surface area (Å²) >= 11 is 0. The van der Waals surface area contributed by atoms with E-state index in [1.54, 1.807) is 48.5 Å². The third-order valence-electron chi connectivity index (χ3n) is 6.16. The van der Waals surface area contributed by atoms with E-state index in [2.05, 4.69) is 16.5 Å². The van der Waals surface area contributed by atoms with Gasteiger partial charge >= 0.3 is 0 Å². The summed E-state index contributed by atoms with van der Waals surface area (Å²) in [4.78, 5) is 32.8. The predicted molar refractivity (Wildman–Crippen MR) is 137 cm³/mol. The Balaban J connectivity index is 1.49. The normalized spacial score (nSPS) is 16.7. The molecule has 3 aromatic rings.